The molecule has 1 fully saturated rings. The third-order valence-corrected chi connectivity index (χ3v) is 7.42. The van der Waals surface area contributed by atoms with Crippen LogP contribution >= 0.6 is 11.8 Å². The monoisotopic (exact) mass is 583 g/mol. The van der Waals surface area contributed by atoms with Crippen molar-refractivity contribution in [2.45, 2.75) is 19.1 Å². The van der Waals surface area contributed by atoms with Gasteiger partial charge in [0.25, 0.3) is 11.1 Å². The number of nitro benzene ring substituents is 1. The van der Waals surface area contributed by atoms with Crippen LogP contribution in [-0.4, -0.2) is 44.9 Å². The molecule has 13 heteroatoms. The Labute approximate surface area is 235 Å². The van der Waals surface area contributed by atoms with E-state index in [0.717, 1.165) is 22.1 Å². The lowest BCUT2D eigenvalue weighted by Crippen LogP contribution is -2.44. The van der Waals surface area contributed by atoms with Crippen LogP contribution in [0, 0.1) is 10.1 Å². The van der Waals surface area contributed by atoms with Gasteiger partial charge in [0.05, 0.1) is 15.4 Å². The van der Waals surface area contributed by atoms with E-state index in [9.17, 15) is 37.7 Å². The molecule has 210 valence electrons. The van der Waals surface area contributed by atoms with E-state index >= 15 is 0 Å². The Morgan fingerprint density at radius 3 is 2.54 bits per heavy atom. The van der Waals surface area contributed by atoms with E-state index in [1.807, 2.05) is 24.3 Å². The van der Waals surface area contributed by atoms with Crippen molar-refractivity contribution < 1.29 is 37.2 Å². The average molecular weight is 584 g/mol. The first kappa shape index (κ1) is 27.9. The molecular formula is C28H20F3N3O6S. The molecule has 0 radical (unpaired) electrons. The maximum absolute atomic E-state index is 13.0. The Hall–Kier alpha value is -4.65. The van der Waals surface area contributed by atoms with E-state index in [-0.39, 0.29) is 16.6 Å². The van der Waals surface area contributed by atoms with Crippen LogP contribution < -0.4 is 4.74 Å². The Balaban J connectivity index is 1.29. The maximum atomic E-state index is 13.0. The Bertz CT molecular complexity index is 1610. The molecule has 2 aliphatic rings. The van der Waals surface area contributed by atoms with Crippen LogP contribution in [0.3, 0.4) is 0 Å². The van der Waals surface area contributed by atoms with Crippen molar-refractivity contribution in [2.24, 2.45) is 0 Å². The second-order valence-electron chi connectivity index (χ2n) is 9.21. The molecule has 3 aromatic carbocycles. The van der Waals surface area contributed by atoms with Crippen LogP contribution in [0.25, 0.3) is 6.08 Å². The van der Waals surface area contributed by atoms with Gasteiger partial charge in [0.1, 0.15) is 12.3 Å². The fourth-order valence-electron chi connectivity index (χ4n) is 4.45. The number of rotatable bonds is 6. The minimum atomic E-state index is -4.77. The van der Waals surface area contributed by atoms with Crippen LogP contribution in [0.4, 0.5) is 23.7 Å². The van der Waals surface area contributed by atoms with E-state index in [1.165, 1.54) is 24.3 Å². The summed E-state index contributed by atoms with van der Waals surface area (Å²) in [6.07, 6.45) is -2.69. The van der Waals surface area contributed by atoms with Gasteiger partial charge in [-0.25, -0.2) is 0 Å². The summed E-state index contributed by atoms with van der Waals surface area (Å²) in [6.45, 7) is 0.474. The number of thioether (sulfide) groups is 1. The molecule has 2 aliphatic heterocycles. The van der Waals surface area contributed by atoms with E-state index in [0.29, 0.717) is 49.0 Å². The zero-order valence-electron chi connectivity index (χ0n) is 21.1. The van der Waals surface area contributed by atoms with Gasteiger partial charge in [0.2, 0.25) is 11.7 Å². The van der Waals surface area contributed by atoms with Crippen molar-refractivity contribution in [1.82, 2.24) is 9.80 Å². The Kier molecular flexibility index (Phi) is 7.54. The number of ether oxygens (including phenoxy) is 1. The zero-order valence-corrected chi connectivity index (χ0v) is 21.9. The minimum Gasteiger partial charge on any atom is -0.450 e. The van der Waals surface area contributed by atoms with Crippen molar-refractivity contribution >= 4 is 40.6 Å². The summed E-state index contributed by atoms with van der Waals surface area (Å²) in [5, 5.41) is 10.8. The summed E-state index contributed by atoms with van der Waals surface area (Å²) in [5.74, 6) is -1.34. The van der Waals surface area contributed by atoms with Crippen LogP contribution in [0.5, 0.6) is 11.5 Å². The number of fused-ring (bicyclic) bond motifs is 1. The SMILES string of the molecule is O=C(CN1C(=O)S/C(=C/c2cccc(Oc3ccc(C(F)(F)F)cc3[N+](=O)[O-])c2)C1=O)N1CCc2ccccc2C1. The number of halogens is 3. The second-order valence-corrected chi connectivity index (χ2v) is 10.2. The highest BCUT2D eigenvalue weighted by Crippen LogP contribution is 2.38. The van der Waals surface area contributed by atoms with Crippen LogP contribution in [0.1, 0.15) is 22.3 Å². The highest BCUT2D eigenvalue weighted by molar-refractivity contribution is 8.18. The molecule has 0 spiro atoms. The molecule has 3 aromatic rings. The number of nitrogens with zero attached hydrogens (tertiary/aromatic N) is 3. The average Bonchev–Trinajstić information content (AvgIpc) is 3.19. The van der Waals surface area contributed by atoms with Gasteiger partial charge >= 0.3 is 11.9 Å². The standard InChI is InChI=1S/C28H20F3N3O6S/c29-28(30,31)20-8-9-23(22(14-20)34(38)39)40-21-7-3-4-17(12-21)13-24-26(36)33(27(37)41-24)16-25(35)32-11-10-18-5-1-2-6-19(18)15-32/h1-9,12-14H,10-11,15-16H2/b24-13+. The number of benzene rings is 3. The summed E-state index contributed by atoms with van der Waals surface area (Å²) >= 11 is 0.665. The number of imide groups is 1. The summed E-state index contributed by atoms with van der Waals surface area (Å²) in [4.78, 5) is 51.4. The highest BCUT2D eigenvalue weighted by Gasteiger charge is 2.37. The largest absolute Gasteiger partial charge is 0.450 e. The first-order chi connectivity index (χ1) is 19.5. The van der Waals surface area contributed by atoms with Crippen molar-refractivity contribution in [3.8, 4) is 11.5 Å². The molecule has 2 heterocycles. The molecule has 1 saturated heterocycles. The normalized spacial score (nSPS) is 16.2. The number of nitro groups is 1. The van der Waals surface area contributed by atoms with E-state index < -0.39 is 45.8 Å². The van der Waals surface area contributed by atoms with Gasteiger partial charge in [-0.1, -0.05) is 36.4 Å². The zero-order chi connectivity index (χ0) is 29.3. The van der Waals surface area contributed by atoms with Gasteiger partial charge in [-0.15, -0.1) is 0 Å². The van der Waals surface area contributed by atoms with Crippen LogP contribution in [0.15, 0.2) is 71.6 Å². The molecule has 5 rings (SSSR count). The summed E-state index contributed by atoms with van der Waals surface area (Å²) in [7, 11) is 0. The number of amides is 3. The van der Waals surface area contributed by atoms with Gasteiger partial charge < -0.3 is 9.64 Å². The molecule has 0 unspecified atom stereocenters. The quantitative estimate of drug-likeness (QED) is 0.198. The fourth-order valence-corrected chi connectivity index (χ4v) is 5.29. The van der Waals surface area contributed by atoms with Gasteiger partial charge in [0.15, 0.2) is 0 Å². The fraction of sp³-hybridized carbons (Fsp3) is 0.179. The van der Waals surface area contributed by atoms with Crippen molar-refractivity contribution in [2.75, 3.05) is 13.1 Å². The van der Waals surface area contributed by atoms with E-state index in [2.05, 4.69) is 0 Å². The van der Waals surface area contributed by atoms with Crippen LogP contribution in [0.2, 0.25) is 0 Å². The third-order valence-electron chi connectivity index (χ3n) is 6.52. The predicted molar refractivity (Wildman–Crippen MR) is 143 cm³/mol. The second kappa shape index (κ2) is 11.1. The molecule has 3 amide bonds. The van der Waals surface area contributed by atoms with Gasteiger partial charge in [-0.05, 0) is 65.2 Å². The predicted octanol–water partition coefficient (Wildman–Crippen LogP) is 6.03. The van der Waals surface area contributed by atoms with Crippen molar-refractivity contribution in [3.05, 3.63) is 104 Å². The summed E-state index contributed by atoms with van der Waals surface area (Å²) in [6, 6.07) is 15.6. The molecule has 0 saturated carbocycles. The van der Waals surface area contributed by atoms with Crippen molar-refractivity contribution in [3.63, 3.8) is 0 Å². The summed E-state index contributed by atoms with van der Waals surface area (Å²) in [5.41, 5.74) is 0.508. The lowest BCUT2D eigenvalue weighted by atomic mass is 10.00. The third kappa shape index (κ3) is 6.09. The number of carbonyl (C=O) groups is 3. The van der Waals surface area contributed by atoms with Gasteiger partial charge in [-0.3, -0.25) is 29.4 Å². The molecule has 0 aromatic heterocycles. The Morgan fingerprint density at radius 2 is 1.80 bits per heavy atom. The molecule has 41 heavy (non-hydrogen) atoms. The number of hydrogen-bond donors (Lipinski definition) is 0. The van der Waals surface area contributed by atoms with Gasteiger partial charge in [0, 0.05) is 19.2 Å². The van der Waals surface area contributed by atoms with Crippen LogP contribution in [-0.2, 0) is 28.7 Å². The van der Waals surface area contributed by atoms with E-state index in [1.54, 1.807) is 11.0 Å². The van der Waals surface area contributed by atoms with E-state index in [4.69, 9.17) is 4.74 Å². The maximum Gasteiger partial charge on any atom is 0.416 e. The highest BCUT2D eigenvalue weighted by atomic mass is 32.2. The first-order valence-electron chi connectivity index (χ1n) is 12.2. The minimum absolute atomic E-state index is 0.0568. The van der Waals surface area contributed by atoms with Crippen molar-refractivity contribution in [1.29, 1.82) is 0 Å². The smallest absolute Gasteiger partial charge is 0.416 e. The van der Waals surface area contributed by atoms with Gasteiger partial charge in [-0.2, -0.15) is 13.2 Å². The lowest BCUT2D eigenvalue weighted by molar-refractivity contribution is -0.385. The first-order valence-corrected chi connectivity index (χ1v) is 13.0. The molecule has 0 atom stereocenters. The summed E-state index contributed by atoms with van der Waals surface area (Å²) < 4.78 is 44.5. The lowest BCUT2D eigenvalue weighted by Gasteiger charge is -2.29. The Morgan fingerprint density at radius 1 is 1.05 bits per heavy atom. The number of hydrogen-bond acceptors (Lipinski definition) is 7. The molecule has 0 bridgehead atoms. The number of carbonyl (C=O) groups excluding carboxylic acids is 3. The molecule has 0 N–H and O–H groups in total. The molecule has 9 nitrogen and oxygen atoms in total. The number of alkyl halides is 3. The molecule has 0 aliphatic carbocycles. The molecular weight excluding hydrogens is 563 g/mol. The topological polar surface area (TPSA) is 110 Å².